The van der Waals surface area contributed by atoms with Crippen LogP contribution in [0.3, 0.4) is 0 Å². The summed E-state index contributed by atoms with van der Waals surface area (Å²) in [5.41, 5.74) is 2.68. The molecule has 0 aliphatic heterocycles. The molecule has 39 heavy (non-hydrogen) atoms. The molecule has 1 heterocycles. The number of rotatable bonds is 12. The van der Waals surface area contributed by atoms with E-state index in [2.05, 4.69) is 20.9 Å². The van der Waals surface area contributed by atoms with Gasteiger partial charge in [-0.3, -0.25) is 14.4 Å². The Morgan fingerprint density at radius 3 is 2.23 bits per heavy atom. The van der Waals surface area contributed by atoms with Gasteiger partial charge in [0.05, 0.1) is 47.4 Å². The summed E-state index contributed by atoms with van der Waals surface area (Å²) in [5, 5.41) is 8.49. The molecule has 3 aromatic carbocycles. The number of thioether (sulfide) groups is 2. The third-order valence-corrected chi connectivity index (χ3v) is 8.28. The molecule has 4 rings (SSSR count). The molecule has 0 atom stereocenters. The Hall–Kier alpha value is -3.74. The maximum Gasteiger partial charge on any atom is 0.234 e. The molecule has 0 unspecified atom stereocenters. The number of para-hydroxylation sites is 1. The Balaban J connectivity index is 1.25. The predicted molar refractivity (Wildman–Crippen MR) is 160 cm³/mol. The number of thiazole rings is 1. The summed E-state index contributed by atoms with van der Waals surface area (Å²) in [6.45, 7) is 0. The van der Waals surface area contributed by atoms with Crippen molar-refractivity contribution < 1.29 is 23.9 Å². The van der Waals surface area contributed by atoms with E-state index in [0.29, 0.717) is 22.9 Å². The predicted octanol–water partition coefficient (Wildman–Crippen LogP) is 5.35. The van der Waals surface area contributed by atoms with Crippen molar-refractivity contribution in [2.45, 2.75) is 4.34 Å². The first-order valence-electron chi connectivity index (χ1n) is 11.7. The van der Waals surface area contributed by atoms with Gasteiger partial charge < -0.3 is 25.4 Å². The van der Waals surface area contributed by atoms with Crippen molar-refractivity contribution in [1.82, 2.24) is 4.98 Å². The highest BCUT2D eigenvalue weighted by Gasteiger charge is 2.13. The number of nitrogens with one attached hydrogen (secondary N) is 3. The summed E-state index contributed by atoms with van der Waals surface area (Å²) in [5.74, 6) is 1.08. The highest BCUT2D eigenvalue weighted by molar-refractivity contribution is 8.01. The van der Waals surface area contributed by atoms with Crippen molar-refractivity contribution in [3.63, 3.8) is 0 Å². The third kappa shape index (κ3) is 8.37. The van der Waals surface area contributed by atoms with Gasteiger partial charge >= 0.3 is 0 Å². The Labute approximate surface area is 238 Å². The molecule has 0 spiro atoms. The van der Waals surface area contributed by atoms with Crippen LogP contribution in [0.5, 0.6) is 11.5 Å². The number of methoxy groups -OCH3 is 2. The molecule has 0 aliphatic carbocycles. The summed E-state index contributed by atoms with van der Waals surface area (Å²) < 4.78 is 12.1. The van der Waals surface area contributed by atoms with E-state index in [1.165, 1.54) is 42.0 Å². The van der Waals surface area contributed by atoms with E-state index in [9.17, 15) is 14.4 Å². The lowest BCUT2D eigenvalue weighted by Crippen LogP contribution is -2.18. The molecule has 0 fully saturated rings. The largest absolute Gasteiger partial charge is 0.497 e. The Morgan fingerprint density at radius 2 is 1.51 bits per heavy atom. The van der Waals surface area contributed by atoms with E-state index in [-0.39, 0.29) is 35.0 Å². The van der Waals surface area contributed by atoms with Gasteiger partial charge in [0, 0.05) is 17.4 Å². The van der Waals surface area contributed by atoms with Gasteiger partial charge in [0.1, 0.15) is 11.5 Å². The first-order chi connectivity index (χ1) is 18.9. The summed E-state index contributed by atoms with van der Waals surface area (Å²) in [7, 11) is 3.09. The number of aromatic nitrogens is 1. The molecule has 9 nitrogen and oxygen atoms in total. The molecule has 1 aromatic heterocycles. The van der Waals surface area contributed by atoms with Gasteiger partial charge in [0.15, 0.2) is 4.34 Å². The molecular formula is C27H26N4O5S3. The lowest BCUT2D eigenvalue weighted by molar-refractivity contribution is -0.114. The smallest absolute Gasteiger partial charge is 0.234 e. The second-order valence-corrected chi connectivity index (χ2v) is 11.3. The zero-order valence-electron chi connectivity index (χ0n) is 21.2. The van der Waals surface area contributed by atoms with Gasteiger partial charge in [-0.1, -0.05) is 30.0 Å². The molecule has 12 heteroatoms. The van der Waals surface area contributed by atoms with Gasteiger partial charge in [-0.15, -0.1) is 23.1 Å². The second kappa shape index (κ2) is 13.9. The minimum Gasteiger partial charge on any atom is -0.497 e. The summed E-state index contributed by atoms with van der Waals surface area (Å²) in [4.78, 5) is 41.5. The fourth-order valence-corrected chi connectivity index (χ4v) is 5.95. The van der Waals surface area contributed by atoms with Crippen molar-refractivity contribution in [2.75, 3.05) is 47.4 Å². The van der Waals surface area contributed by atoms with Crippen molar-refractivity contribution in [2.24, 2.45) is 0 Å². The van der Waals surface area contributed by atoms with E-state index in [1.807, 2.05) is 42.5 Å². The molecule has 202 valence electrons. The lowest BCUT2D eigenvalue weighted by atomic mass is 10.2. The Bertz CT molecular complexity index is 1460. The molecule has 0 aliphatic rings. The number of anilines is 3. The monoisotopic (exact) mass is 582 g/mol. The number of ether oxygens (including phenoxy) is 2. The third-order valence-electron chi connectivity index (χ3n) is 5.18. The second-order valence-electron chi connectivity index (χ2n) is 8.02. The van der Waals surface area contributed by atoms with Crippen LogP contribution < -0.4 is 25.4 Å². The summed E-state index contributed by atoms with van der Waals surface area (Å²) in [6.07, 6.45) is 0. The van der Waals surface area contributed by atoms with E-state index in [0.717, 1.165) is 20.2 Å². The topological polar surface area (TPSA) is 119 Å². The average Bonchev–Trinajstić information content (AvgIpc) is 3.34. The summed E-state index contributed by atoms with van der Waals surface area (Å²) in [6, 6.07) is 19.8. The van der Waals surface area contributed by atoms with Gasteiger partial charge in [0.25, 0.3) is 0 Å². The molecular weight excluding hydrogens is 557 g/mol. The highest BCUT2D eigenvalue weighted by atomic mass is 32.2. The zero-order chi connectivity index (χ0) is 27.6. The van der Waals surface area contributed by atoms with Crippen molar-refractivity contribution in [3.8, 4) is 11.5 Å². The SMILES string of the molecule is COc1ccc(OC)c(NC(=O)CSc2nc3ccc(NC(=O)CSCC(=O)Nc4ccccc4)cc3s2)c1. The van der Waals surface area contributed by atoms with Crippen LogP contribution in [0.15, 0.2) is 71.1 Å². The number of amides is 3. The molecule has 3 amide bonds. The lowest BCUT2D eigenvalue weighted by Gasteiger charge is -2.11. The van der Waals surface area contributed by atoms with Crippen molar-refractivity contribution >= 4 is 79.9 Å². The van der Waals surface area contributed by atoms with Crippen LogP contribution in [0.1, 0.15) is 0 Å². The number of nitrogens with zero attached hydrogens (tertiary/aromatic N) is 1. The number of hydrogen-bond acceptors (Lipinski definition) is 9. The van der Waals surface area contributed by atoms with Crippen LogP contribution in [0.4, 0.5) is 17.1 Å². The standard InChI is InChI=1S/C27H26N4O5S3/c1-35-19-9-11-22(36-2)21(13-19)30-26(34)16-38-27-31-20-10-8-18(12-23(20)39-27)29-25(33)15-37-14-24(32)28-17-6-4-3-5-7-17/h3-13H,14-16H2,1-2H3,(H,28,32)(H,29,33)(H,30,34). The zero-order valence-corrected chi connectivity index (χ0v) is 23.6. The normalized spacial score (nSPS) is 10.6. The number of hydrogen-bond donors (Lipinski definition) is 3. The van der Waals surface area contributed by atoms with Gasteiger partial charge in [-0.05, 0) is 42.5 Å². The van der Waals surface area contributed by atoms with Crippen molar-refractivity contribution in [3.05, 3.63) is 66.7 Å². The maximum atomic E-state index is 12.5. The highest BCUT2D eigenvalue weighted by Crippen LogP contribution is 2.32. The van der Waals surface area contributed by atoms with Gasteiger partial charge in [-0.25, -0.2) is 4.98 Å². The van der Waals surface area contributed by atoms with Gasteiger partial charge in [0.2, 0.25) is 17.7 Å². The fourth-order valence-electron chi connectivity index (χ4n) is 3.42. The molecule has 0 bridgehead atoms. The van der Waals surface area contributed by atoms with Crippen LogP contribution in [-0.4, -0.2) is 54.2 Å². The average molecular weight is 583 g/mol. The van der Waals surface area contributed by atoms with Gasteiger partial charge in [-0.2, -0.15) is 0 Å². The number of carbonyl (C=O) groups is 3. The minimum atomic E-state index is -0.200. The molecule has 0 saturated heterocycles. The van der Waals surface area contributed by atoms with E-state index >= 15 is 0 Å². The molecule has 0 radical (unpaired) electrons. The van der Waals surface area contributed by atoms with Crippen LogP contribution in [0, 0.1) is 0 Å². The Morgan fingerprint density at radius 1 is 0.795 bits per heavy atom. The van der Waals surface area contributed by atoms with E-state index in [1.54, 1.807) is 31.4 Å². The first-order valence-corrected chi connectivity index (χ1v) is 14.7. The number of benzene rings is 3. The number of fused-ring (bicyclic) bond motifs is 1. The number of carbonyl (C=O) groups excluding carboxylic acids is 3. The molecule has 4 aromatic rings. The van der Waals surface area contributed by atoms with Crippen LogP contribution in [0.2, 0.25) is 0 Å². The Kier molecular flexibility index (Phi) is 10.1. The summed E-state index contributed by atoms with van der Waals surface area (Å²) >= 11 is 4.01. The van der Waals surface area contributed by atoms with Crippen LogP contribution >= 0.6 is 34.9 Å². The maximum absolute atomic E-state index is 12.5. The minimum absolute atomic E-state index is 0.150. The van der Waals surface area contributed by atoms with E-state index in [4.69, 9.17) is 9.47 Å². The molecule has 0 saturated carbocycles. The first kappa shape index (κ1) is 28.3. The quantitative estimate of drug-likeness (QED) is 0.191. The van der Waals surface area contributed by atoms with Crippen LogP contribution in [0.25, 0.3) is 10.2 Å². The van der Waals surface area contributed by atoms with Crippen LogP contribution in [-0.2, 0) is 14.4 Å². The molecule has 3 N–H and O–H groups in total. The fraction of sp³-hybridized carbons (Fsp3) is 0.185. The van der Waals surface area contributed by atoms with E-state index < -0.39 is 0 Å². The van der Waals surface area contributed by atoms with Crippen molar-refractivity contribution in [1.29, 1.82) is 0 Å².